The summed E-state index contributed by atoms with van der Waals surface area (Å²) in [4.78, 5) is 15.2. The Morgan fingerprint density at radius 2 is 1.91 bits per heavy atom. The van der Waals surface area contributed by atoms with Crippen LogP contribution < -0.4 is 0 Å². The van der Waals surface area contributed by atoms with Crippen molar-refractivity contribution in [1.82, 2.24) is 0 Å². The van der Waals surface area contributed by atoms with Gasteiger partial charge in [0, 0.05) is 0 Å². The average molecular weight is 297 g/mol. The maximum Gasteiger partial charge on any atom is 0.235 e. The van der Waals surface area contributed by atoms with Crippen LogP contribution in [0.15, 0.2) is 29.3 Å². The van der Waals surface area contributed by atoms with Crippen molar-refractivity contribution in [2.75, 3.05) is 0 Å². The third-order valence-electron chi connectivity index (χ3n) is 5.79. The van der Waals surface area contributed by atoms with Crippen LogP contribution in [0.25, 0.3) is 0 Å². The van der Waals surface area contributed by atoms with Gasteiger partial charge in [-0.15, -0.1) is 0 Å². The third-order valence-corrected chi connectivity index (χ3v) is 5.79. The lowest BCUT2D eigenvalue weighted by atomic mass is 9.70. The van der Waals surface area contributed by atoms with Gasteiger partial charge in [-0.05, 0) is 54.6 Å². The van der Waals surface area contributed by atoms with Crippen LogP contribution in [0.4, 0.5) is 0 Å². The van der Waals surface area contributed by atoms with Crippen molar-refractivity contribution in [1.29, 1.82) is 0 Å². The summed E-state index contributed by atoms with van der Waals surface area (Å²) in [5.41, 5.74) is 2.83. The summed E-state index contributed by atoms with van der Waals surface area (Å²) in [5.74, 6) is 0.655. The number of aliphatic imine (C=N–C) groups is 1. The molecule has 0 spiro atoms. The van der Waals surface area contributed by atoms with Crippen LogP contribution in [0.1, 0.15) is 82.3 Å². The van der Waals surface area contributed by atoms with Gasteiger partial charge in [-0.25, -0.2) is 4.79 Å². The fraction of sp³-hybridized carbons (Fsp3) is 0.650. The van der Waals surface area contributed by atoms with Gasteiger partial charge in [0.1, 0.15) is 0 Å². The van der Waals surface area contributed by atoms with Gasteiger partial charge in [-0.3, -0.25) is 0 Å². The van der Waals surface area contributed by atoms with E-state index in [4.69, 9.17) is 0 Å². The molecule has 22 heavy (non-hydrogen) atoms. The summed E-state index contributed by atoms with van der Waals surface area (Å²) in [7, 11) is 0. The van der Waals surface area contributed by atoms with E-state index < -0.39 is 0 Å². The molecular formula is C20H27NO. The van der Waals surface area contributed by atoms with Crippen LogP contribution in [-0.2, 0) is 10.3 Å². The minimum atomic E-state index is -0.290. The molecule has 0 aromatic heterocycles. The average Bonchev–Trinajstić information content (AvgIpc) is 2.97. The van der Waals surface area contributed by atoms with Gasteiger partial charge in [0.05, 0.1) is 5.54 Å². The largest absolute Gasteiger partial charge is 0.235 e. The molecule has 0 N–H and O–H groups in total. The molecule has 2 heteroatoms. The summed E-state index contributed by atoms with van der Waals surface area (Å²) < 4.78 is 0. The van der Waals surface area contributed by atoms with Crippen LogP contribution in [0.2, 0.25) is 0 Å². The Hall–Kier alpha value is -1.40. The molecule has 1 atom stereocenters. The number of rotatable bonds is 3. The highest BCUT2D eigenvalue weighted by atomic mass is 16.1. The van der Waals surface area contributed by atoms with Gasteiger partial charge in [0.2, 0.25) is 6.08 Å². The maximum atomic E-state index is 10.9. The van der Waals surface area contributed by atoms with Gasteiger partial charge in [0.25, 0.3) is 0 Å². The summed E-state index contributed by atoms with van der Waals surface area (Å²) in [6.45, 7) is 4.77. The monoisotopic (exact) mass is 297 g/mol. The number of nitrogens with zero attached hydrogens (tertiary/aromatic N) is 1. The van der Waals surface area contributed by atoms with Crippen LogP contribution in [-0.4, -0.2) is 6.08 Å². The highest BCUT2D eigenvalue weighted by Crippen LogP contribution is 2.46. The Morgan fingerprint density at radius 3 is 2.59 bits per heavy atom. The number of hydrogen-bond acceptors (Lipinski definition) is 2. The van der Waals surface area contributed by atoms with Crippen LogP contribution in [0, 0.1) is 5.41 Å². The van der Waals surface area contributed by atoms with E-state index in [0.29, 0.717) is 11.3 Å². The van der Waals surface area contributed by atoms with E-state index in [-0.39, 0.29) is 5.54 Å². The first kappa shape index (κ1) is 15.5. The third kappa shape index (κ3) is 3.03. The Balaban J connectivity index is 1.91. The molecule has 0 heterocycles. The van der Waals surface area contributed by atoms with Crippen LogP contribution >= 0.6 is 0 Å². The predicted octanol–water partition coefficient (Wildman–Crippen LogP) is 5.48. The van der Waals surface area contributed by atoms with Crippen molar-refractivity contribution >= 4 is 6.08 Å². The van der Waals surface area contributed by atoms with Crippen molar-refractivity contribution in [3.05, 3.63) is 35.4 Å². The Bertz CT molecular complexity index is 577. The summed E-state index contributed by atoms with van der Waals surface area (Å²) in [6.07, 6.45) is 11.3. The van der Waals surface area contributed by atoms with Crippen molar-refractivity contribution in [3.8, 4) is 0 Å². The standard InChI is InChI=1S/C20H27NO/c1-19(2)10-6-8-17(14-19)16-7-5-9-18(13-16)20(21-15-22)11-3-4-12-20/h5,7,9,13,17H,3-4,6,8,10-12,14H2,1-2H3. The van der Waals surface area contributed by atoms with E-state index in [1.54, 1.807) is 0 Å². The Kier molecular flexibility index (Phi) is 4.23. The zero-order valence-electron chi connectivity index (χ0n) is 13.9. The lowest BCUT2D eigenvalue weighted by Gasteiger charge is -2.36. The fourth-order valence-electron chi connectivity index (χ4n) is 4.58. The molecule has 2 aliphatic rings. The number of benzene rings is 1. The van der Waals surface area contributed by atoms with Gasteiger partial charge in [0.15, 0.2) is 0 Å². The zero-order chi connectivity index (χ0) is 15.6. The molecular weight excluding hydrogens is 270 g/mol. The topological polar surface area (TPSA) is 29.4 Å². The van der Waals surface area contributed by atoms with Crippen LogP contribution in [0.3, 0.4) is 0 Å². The summed E-state index contributed by atoms with van der Waals surface area (Å²) in [6, 6.07) is 8.91. The van der Waals surface area contributed by atoms with Gasteiger partial charge < -0.3 is 0 Å². The fourth-order valence-corrected chi connectivity index (χ4v) is 4.58. The number of hydrogen-bond donors (Lipinski definition) is 0. The molecule has 2 saturated carbocycles. The molecule has 2 fully saturated rings. The predicted molar refractivity (Wildman–Crippen MR) is 89.7 cm³/mol. The molecule has 0 radical (unpaired) electrons. The van der Waals surface area contributed by atoms with Gasteiger partial charge >= 0.3 is 0 Å². The van der Waals surface area contributed by atoms with E-state index >= 15 is 0 Å². The first-order chi connectivity index (χ1) is 10.5. The number of carbonyl (C=O) groups excluding carboxylic acids is 1. The summed E-state index contributed by atoms with van der Waals surface area (Å²) >= 11 is 0. The smallest absolute Gasteiger partial charge is 0.211 e. The van der Waals surface area contributed by atoms with Gasteiger partial charge in [-0.2, -0.15) is 4.99 Å². The SMILES string of the molecule is CC1(C)CCCC(c2cccc(C3(N=C=O)CCCC3)c2)C1. The highest BCUT2D eigenvalue weighted by Gasteiger charge is 2.36. The second-order valence-corrected chi connectivity index (χ2v) is 8.02. The molecule has 2 nitrogen and oxygen atoms in total. The second-order valence-electron chi connectivity index (χ2n) is 8.02. The first-order valence-corrected chi connectivity index (χ1v) is 8.74. The molecule has 1 aromatic rings. The number of isocyanates is 1. The molecule has 1 unspecified atom stereocenters. The molecule has 0 saturated heterocycles. The molecule has 1 aromatic carbocycles. The Morgan fingerprint density at radius 1 is 1.14 bits per heavy atom. The van der Waals surface area contributed by atoms with Crippen molar-refractivity contribution < 1.29 is 4.79 Å². The molecule has 0 bridgehead atoms. The van der Waals surface area contributed by atoms with E-state index in [2.05, 4.69) is 43.1 Å². The maximum absolute atomic E-state index is 10.9. The first-order valence-electron chi connectivity index (χ1n) is 8.74. The Labute approximate surface area is 134 Å². The van der Waals surface area contributed by atoms with E-state index in [9.17, 15) is 4.79 Å². The van der Waals surface area contributed by atoms with Crippen molar-refractivity contribution in [2.45, 2.75) is 76.7 Å². The minimum absolute atomic E-state index is 0.290. The molecule has 0 aliphatic heterocycles. The lowest BCUT2D eigenvalue weighted by Crippen LogP contribution is -2.22. The molecule has 0 amide bonds. The normalized spacial score (nSPS) is 26.4. The van der Waals surface area contributed by atoms with E-state index in [0.717, 1.165) is 25.7 Å². The lowest BCUT2D eigenvalue weighted by molar-refractivity contribution is 0.219. The molecule has 3 rings (SSSR count). The van der Waals surface area contributed by atoms with E-state index in [1.165, 1.54) is 36.8 Å². The van der Waals surface area contributed by atoms with Crippen molar-refractivity contribution in [2.24, 2.45) is 10.4 Å². The van der Waals surface area contributed by atoms with Crippen LogP contribution in [0.5, 0.6) is 0 Å². The van der Waals surface area contributed by atoms with Crippen molar-refractivity contribution in [3.63, 3.8) is 0 Å². The minimum Gasteiger partial charge on any atom is -0.211 e. The van der Waals surface area contributed by atoms with Gasteiger partial charge in [-0.1, -0.05) is 57.4 Å². The molecule has 118 valence electrons. The second kappa shape index (κ2) is 6.01. The zero-order valence-corrected chi connectivity index (χ0v) is 13.9. The quantitative estimate of drug-likeness (QED) is 0.537. The summed E-state index contributed by atoms with van der Waals surface area (Å²) in [5, 5.41) is 0. The highest BCUT2D eigenvalue weighted by molar-refractivity contribution is 5.40. The van der Waals surface area contributed by atoms with E-state index in [1.807, 2.05) is 6.08 Å². The molecule has 2 aliphatic carbocycles.